The number of hydrogen-bond donors (Lipinski definition) is 1. The molecule has 0 spiro atoms. The molecule has 21 heavy (non-hydrogen) atoms. The first-order valence-electron chi connectivity index (χ1n) is 7.67. The highest BCUT2D eigenvalue weighted by molar-refractivity contribution is 5.85. The zero-order valence-corrected chi connectivity index (χ0v) is 12.4. The van der Waals surface area contributed by atoms with E-state index in [9.17, 15) is 0 Å². The summed E-state index contributed by atoms with van der Waals surface area (Å²) in [7, 11) is 0. The van der Waals surface area contributed by atoms with Gasteiger partial charge >= 0.3 is 0 Å². The van der Waals surface area contributed by atoms with Crippen LogP contribution in [0.2, 0.25) is 0 Å². The summed E-state index contributed by atoms with van der Waals surface area (Å²) >= 11 is 0. The zero-order valence-electron chi connectivity index (χ0n) is 12.4. The maximum Gasteiger partial charge on any atom is 0.159 e. The molecule has 0 saturated carbocycles. The van der Waals surface area contributed by atoms with Crippen molar-refractivity contribution in [1.29, 1.82) is 0 Å². The van der Waals surface area contributed by atoms with E-state index in [0.29, 0.717) is 13.2 Å². The first-order valence-corrected chi connectivity index (χ1v) is 7.67. The van der Waals surface area contributed by atoms with Crippen LogP contribution in [0.3, 0.4) is 0 Å². The predicted molar refractivity (Wildman–Crippen MR) is 83.1 cm³/mol. The highest BCUT2D eigenvalue weighted by Crippen LogP contribution is 2.28. The molecule has 4 heteroatoms. The van der Waals surface area contributed by atoms with Crippen molar-refractivity contribution in [2.24, 2.45) is 0 Å². The third-order valence-electron chi connectivity index (χ3n) is 3.85. The average Bonchev–Trinajstić information content (AvgIpc) is 3.04. The van der Waals surface area contributed by atoms with Gasteiger partial charge in [0.1, 0.15) is 0 Å². The van der Waals surface area contributed by atoms with Gasteiger partial charge in [-0.15, -0.1) is 0 Å². The maximum atomic E-state index is 5.62. The average molecular weight is 286 g/mol. The van der Waals surface area contributed by atoms with Gasteiger partial charge in [-0.05, 0) is 30.0 Å². The molecule has 0 radical (unpaired) electrons. The number of nitrogens with zero attached hydrogens (tertiary/aromatic N) is 1. The Labute approximate surface area is 125 Å². The van der Waals surface area contributed by atoms with E-state index < -0.39 is 0 Å². The summed E-state index contributed by atoms with van der Waals surface area (Å²) < 4.78 is 11.2. The van der Waals surface area contributed by atoms with Gasteiger partial charge in [0.05, 0.1) is 13.2 Å². The lowest BCUT2D eigenvalue weighted by Crippen LogP contribution is -2.27. The molecule has 0 aliphatic carbocycles. The molecular weight excluding hydrogens is 264 g/mol. The van der Waals surface area contributed by atoms with Crippen LogP contribution in [-0.2, 0) is 9.47 Å². The number of hydrogen-bond acceptors (Lipinski definition) is 4. The monoisotopic (exact) mass is 286 g/mol. The second kappa shape index (κ2) is 6.98. The van der Waals surface area contributed by atoms with Gasteiger partial charge < -0.3 is 14.8 Å². The largest absolute Gasteiger partial charge is 0.350 e. The zero-order chi connectivity index (χ0) is 14.5. The van der Waals surface area contributed by atoms with Crippen molar-refractivity contribution in [3.8, 4) is 0 Å². The molecule has 1 unspecified atom stereocenters. The highest BCUT2D eigenvalue weighted by atomic mass is 16.7. The lowest BCUT2D eigenvalue weighted by molar-refractivity contribution is -0.0529. The fourth-order valence-corrected chi connectivity index (χ4v) is 2.82. The van der Waals surface area contributed by atoms with Gasteiger partial charge in [0.2, 0.25) is 0 Å². The minimum absolute atomic E-state index is 0.105. The number of fused-ring (bicyclic) bond motifs is 1. The highest BCUT2D eigenvalue weighted by Gasteiger charge is 2.23. The number of pyridine rings is 1. The van der Waals surface area contributed by atoms with E-state index in [2.05, 4.69) is 41.5 Å². The molecule has 1 saturated heterocycles. The molecule has 1 atom stereocenters. The smallest absolute Gasteiger partial charge is 0.159 e. The van der Waals surface area contributed by atoms with Crippen LogP contribution in [0, 0.1) is 0 Å². The van der Waals surface area contributed by atoms with E-state index >= 15 is 0 Å². The minimum atomic E-state index is -0.105. The van der Waals surface area contributed by atoms with Crippen LogP contribution in [-0.4, -0.2) is 31.0 Å². The number of ether oxygens (including phenoxy) is 2. The van der Waals surface area contributed by atoms with E-state index in [0.717, 1.165) is 19.4 Å². The fraction of sp³-hybridized carbons (Fsp3) is 0.471. The van der Waals surface area contributed by atoms with E-state index in [-0.39, 0.29) is 12.3 Å². The molecule has 1 aliphatic heterocycles. The second-order valence-electron chi connectivity index (χ2n) is 5.36. The van der Waals surface area contributed by atoms with E-state index in [1.807, 2.05) is 12.4 Å². The SMILES string of the molecule is CCCNC(CC1OCCO1)c1cccc2ccncc12. The molecule has 1 aromatic carbocycles. The lowest BCUT2D eigenvalue weighted by atomic mass is 9.97. The van der Waals surface area contributed by atoms with Crippen molar-refractivity contribution in [2.45, 2.75) is 32.1 Å². The van der Waals surface area contributed by atoms with E-state index in [1.54, 1.807) is 0 Å². The van der Waals surface area contributed by atoms with Crippen molar-refractivity contribution in [3.63, 3.8) is 0 Å². The Hall–Kier alpha value is -1.49. The second-order valence-corrected chi connectivity index (χ2v) is 5.36. The van der Waals surface area contributed by atoms with Crippen LogP contribution in [0.15, 0.2) is 36.7 Å². The molecule has 2 heterocycles. The van der Waals surface area contributed by atoms with Crippen LogP contribution < -0.4 is 5.32 Å². The van der Waals surface area contributed by atoms with Crippen molar-refractivity contribution >= 4 is 10.8 Å². The summed E-state index contributed by atoms with van der Waals surface area (Å²) in [6.45, 7) is 4.55. The molecule has 1 aliphatic rings. The van der Waals surface area contributed by atoms with Crippen LogP contribution in [0.4, 0.5) is 0 Å². The number of benzene rings is 1. The summed E-state index contributed by atoms with van der Waals surface area (Å²) in [6, 6.07) is 8.68. The van der Waals surface area contributed by atoms with Crippen molar-refractivity contribution < 1.29 is 9.47 Å². The Bertz CT molecular complexity index is 577. The Kier molecular flexibility index (Phi) is 4.80. The van der Waals surface area contributed by atoms with Crippen molar-refractivity contribution in [3.05, 3.63) is 42.2 Å². The molecule has 3 rings (SSSR count). The molecular formula is C17H22N2O2. The van der Waals surface area contributed by atoms with Crippen LogP contribution in [0.1, 0.15) is 31.4 Å². The number of aromatic nitrogens is 1. The quantitative estimate of drug-likeness (QED) is 0.886. The van der Waals surface area contributed by atoms with Crippen molar-refractivity contribution in [1.82, 2.24) is 10.3 Å². The van der Waals surface area contributed by atoms with Crippen LogP contribution >= 0.6 is 0 Å². The standard InChI is InChI=1S/C17H22N2O2/c1-2-7-19-16(11-17-20-9-10-21-17)14-5-3-4-13-6-8-18-12-15(13)14/h3-6,8,12,16-17,19H,2,7,9-11H2,1H3. The van der Waals surface area contributed by atoms with Gasteiger partial charge in [-0.2, -0.15) is 0 Å². The Morgan fingerprint density at radius 1 is 1.29 bits per heavy atom. The van der Waals surface area contributed by atoms with Crippen molar-refractivity contribution in [2.75, 3.05) is 19.8 Å². The summed E-state index contributed by atoms with van der Waals surface area (Å²) in [5.74, 6) is 0. The van der Waals surface area contributed by atoms with Gasteiger partial charge in [-0.3, -0.25) is 4.98 Å². The molecule has 0 bridgehead atoms. The van der Waals surface area contributed by atoms with Gasteiger partial charge in [0.25, 0.3) is 0 Å². The molecule has 0 amide bonds. The summed E-state index contributed by atoms with van der Waals surface area (Å²) in [4.78, 5) is 4.28. The molecule has 1 fully saturated rings. The first kappa shape index (κ1) is 14.4. The van der Waals surface area contributed by atoms with Crippen LogP contribution in [0.5, 0.6) is 0 Å². The number of rotatable bonds is 6. The third kappa shape index (κ3) is 3.40. The lowest BCUT2D eigenvalue weighted by Gasteiger charge is -2.23. The fourth-order valence-electron chi connectivity index (χ4n) is 2.82. The third-order valence-corrected chi connectivity index (χ3v) is 3.85. The molecule has 4 nitrogen and oxygen atoms in total. The van der Waals surface area contributed by atoms with E-state index in [1.165, 1.54) is 16.3 Å². The summed E-state index contributed by atoms with van der Waals surface area (Å²) in [5, 5.41) is 6.04. The first-order chi connectivity index (χ1) is 10.4. The summed E-state index contributed by atoms with van der Waals surface area (Å²) in [5.41, 5.74) is 1.27. The molecule has 1 aromatic heterocycles. The topological polar surface area (TPSA) is 43.4 Å². The van der Waals surface area contributed by atoms with Gasteiger partial charge in [0.15, 0.2) is 6.29 Å². The Balaban J connectivity index is 1.89. The Morgan fingerprint density at radius 3 is 2.95 bits per heavy atom. The minimum Gasteiger partial charge on any atom is -0.350 e. The molecule has 2 aromatic rings. The number of nitrogens with one attached hydrogen (secondary N) is 1. The van der Waals surface area contributed by atoms with Crippen LogP contribution in [0.25, 0.3) is 10.8 Å². The Morgan fingerprint density at radius 2 is 2.14 bits per heavy atom. The normalized spacial score (nSPS) is 17.4. The molecule has 112 valence electrons. The molecule has 1 N–H and O–H groups in total. The van der Waals surface area contributed by atoms with Gasteiger partial charge in [-0.25, -0.2) is 0 Å². The summed E-state index contributed by atoms with van der Waals surface area (Å²) in [6.07, 6.45) is 5.61. The van der Waals surface area contributed by atoms with Gasteiger partial charge in [-0.1, -0.05) is 25.1 Å². The maximum absolute atomic E-state index is 5.62. The predicted octanol–water partition coefficient (Wildman–Crippen LogP) is 3.04. The van der Waals surface area contributed by atoms with E-state index in [4.69, 9.17) is 9.47 Å². The van der Waals surface area contributed by atoms with Gasteiger partial charge in [0, 0.05) is 30.2 Å².